The number of nitrogens with zero attached hydrogens (tertiary/aromatic N) is 7. The Bertz CT molecular complexity index is 1430. The molecule has 0 atom stereocenters. The average Bonchev–Trinajstić information content (AvgIpc) is 3.45. The molecule has 32 heavy (non-hydrogen) atoms. The minimum absolute atomic E-state index is 0.00245. The van der Waals surface area contributed by atoms with Gasteiger partial charge in [-0.1, -0.05) is 17.0 Å². The fraction of sp³-hybridized carbons (Fsp3) is 0. The lowest BCUT2D eigenvalue weighted by atomic mass is 10.2. The number of aromatic nitrogens is 7. The van der Waals surface area contributed by atoms with Gasteiger partial charge in [0.25, 0.3) is 5.91 Å². The monoisotopic (exact) mass is 431 g/mol. The van der Waals surface area contributed by atoms with Gasteiger partial charge in [0.05, 0.1) is 0 Å². The van der Waals surface area contributed by atoms with Crippen LogP contribution in [-0.2, 0) is 0 Å². The van der Waals surface area contributed by atoms with Crippen LogP contribution in [0, 0.1) is 5.82 Å². The molecule has 0 fully saturated rings. The number of carbonyl (C=O) groups is 1. The molecule has 0 bridgehead atoms. The zero-order valence-electron chi connectivity index (χ0n) is 16.3. The highest BCUT2D eigenvalue weighted by molar-refractivity contribution is 5.98. The molecule has 5 rings (SSSR count). The van der Waals surface area contributed by atoms with Crippen molar-refractivity contribution in [1.82, 2.24) is 34.9 Å². The van der Waals surface area contributed by atoms with Gasteiger partial charge in [0.15, 0.2) is 11.6 Å². The van der Waals surface area contributed by atoms with E-state index < -0.39 is 11.7 Å². The van der Waals surface area contributed by atoms with E-state index in [-0.39, 0.29) is 23.1 Å². The van der Waals surface area contributed by atoms with Crippen molar-refractivity contribution in [3.8, 4) is 11.7 Å². The van der Waals surface area contributed by atoms with Crippen molar-refractivity contribution >= 4 is 28.4 Å². The first-order valence-electron chi connectivity index (χ1n) is 9.31. The molecular weight excluding hydrogens is 417 g/mol. The third-order valence-corrected chi connectivity index (χ3v) is 4.48. The number of primary amides is 1. The first-order valence-corrected chi connectivity index (χ1v) is 9.31. The first-order chi connectivity index (χ1) is 15.6. The molecule has 11 nitrogen and oxygen atoms in total. The third-order valence-electron chi connectivity index (χ3n) is 4.48. The molecule has 0 radical (unpaired) electrons. The third kappa shape index (κ3) is 3.56. The summed E-state index contributed by atoms with van der Waals surface area (Å²) in [6.07, 6.45) is 4.38. The number of fused-ring (bicyclic) bond motifs is 1. The number of benzene rings is 2. The molecule has 0 unspecified atom stereocenters. The summed E-state index contributed by atoms with van der Waals surface area (Å²) >= 11 is 0. The van der Waals surface area contributed by atoms with Gasteiger partial charge in [-0.2, -0.15) is 10.1 Å². The van der Waals surface area contributed by atoms with E-state index in [0.717, 1.165) is 4.85 Å². The summed E-state index contributed by atoms with van der Waals surface area (Å²) in [5.74, 6) is -1.25. The van der Waals surface area contributed by atoms with Crippen molar-refractivity contribution in [2.75, 3.05) is 5.32 Å². The Kier molecular flexibility index (Phi) is 4.63. The fourth-order valence-electron chi connectivity index (χ4n) is 3.00. The lowest BCUT2D eigenvalue weighted by Gasteiger charge is -2.12. The minimum atomic E-state index is -0.765. The topological polar surface area (TPSA) is 139 Å². The normalized spacial score (nSPS) is 10.9. The number of nitrogens with two attached hydrogens (primary N) is 1. The molecule has 158 valence electrons. The van der Waals surface area contributed by atoms with Crippen LogP contribution < -0.4 is 15.9 Å². The smallest absolute Gasteiger partial charge is 0.347 e. The number of anilines is 2. The summed E-state index contributed by atoms with van der Waals surface area (Å²) in [5, 5.41) is 14.8. The molecule has 5 aromatic rings. The summed E-state index contributed by atoms with van der Waals surface area (Å²) in [6.45, 7) is 0. The quantitative estimate of drug-likeness (QED) is 0.417. The van der Waals surface area contributed by atoms with Crippen LogP contribution in [0.1, 0.15) is 10.4 Å². The summed E-state index contributed by atoms with van der Waals surface area (Å²) in [4.78, 5) is 26.8. The molecule has 0 saturated carbocycles. The Morgan fingerprint density at radius 2 is 2.03 bits per heavy atom. The van der Waals surface area contributed by atoms with Gasteiger partial charge in [0.1, 0.15) is 22.3 Å². The Labute approximate surface area is 179 Å². The zero-order valence-corrected chi connectivity index (χ0v) is 16.3. The van der Waals surface area contributed by atoms with Gasteiger partial charge >= 0.3 is 6.01 Å². The average molecular weight is 431 g/mol. The Morgan fingerprint density at radius 3 is 2.81 bits per heavy atom. The van der Waals surface area contributed by atoms with Crippen LogP contribution in [-0.4, -0.2) is 40.8 Å². The Morgan fingerprint density at radius 1 is 1.16 bits per heavy atom. The lowest BCUT2D eigenvalue weighted by Crippen LogP contribution is -2.17. The number of hydrogen-bond donors (Lipinski definition) is 2. The van der Waals surface area contributed by atoms with Gasteiger partial charge < -0.3 is 15.9 Å². The molecule has 12 heteroatoms. The van der Waals surface area contributed by atoms with Crippen molar-refractivity contribution in [3.63, 3.8) is 0 Å². The number of carbonyl (C=O) groups excluding carboxylic acids is 1. The summed E-state index contributed by atoms with van der Waals surface area (Å²) in [5.41, 5.74) is 7.24. The van der Waals surface area contributed by atoms with E-state index in [9.17, 15) is 9.18 Å². The predicted octanol–water partition coefficient (Wildman–Crippen LogP) is 2.23. The second kappa shape index (κ2) is 7.75. The minimum Gasteiger partial charge on any atom is -0.365 e. The largest absolute Gasteiger partial charge is 0.365 e. The van der Waals surface area contributed by atoms with Crippen molar-refractivity contribution in [1.29, 1.82) is 0 Å². The molecule has 0 spiro atoms. The number of rotatable bonds is 6. The van der Waals surface area contributed by atoms with E-state index in [0.29, 0.717) is 16.7 Å². The SMILES string of the molecule is NC(=O)c1cnc(On2nnc3ccccc32)nc1Nc1ccc(-n2cccn2)c(F)c1. The number of halogens is 1. The van der Waals surface area contributed by atoms with Crippen molar-refractivity contribution in [2.24, 2.45) is 5.73 Å². The van der Waals surface area contributed by atoms with Gasteiger partial charge in [-0.25, -0.2) is 14.1 Å². The predicted molar refractivity (Wildman–Crippen MR) is 111 cm³/mol. The van der Waals surface area contributed by atoms with Crippen LogP contribution in [0.3, 0.4) is 0 Å². The molecule has 2 aromatic carbocycles. The molecule has 3 heterocycles. The van der Waals surface area contributed by atoms with Gasteiger partial charge in [-0.15, -0.1) is 5.10 Å². The highest BCUT2D eigenvalue weighted by Crippen LogP contribution is 2.24. The van der Waals surface area contributed by atoms with Gasteiger partial charge in [0, 0.05) is 24.3 Å². The van der Waals surface area contributed by atoms with Crippen LogP contribution in [0.25, 0.3) is 16.7 Å². The molecule has 0 aliphatic heterocycles. The summed E-state index contributed by atoms with van der Waals surface area (Å²) in [6, 6.07) is 13.1. The maximum Gasteiger partial charge on any atom is 0.347 e. The van der Waals surface area contributed by atoms with Crippen LogP contribution in [0.2, 0.25) is 0 Å². The molecule has 1 amide bonds. The van der Waals surface area contributed by atoms with Crippen LogP contribution in [0.4, 0.5) is 15.9 Å². The molecule has 3 aromatic heterocycles. The summed E-state index contributed by atoms with van der Waals surface area (Å²) < 4.78 is 16.0. The number of hydrogen-bond acceptors (Lipinski definition) is 8. The Balaban J connectivity index is 1.46. The highest BCUT2D eigenvalue weighted by atomic mass is 19.1. The lowest BCUT2D eigenvalue weighted by molar-refractivity contribution is 0.1000. The van der Waals surface area contributed by atoms with Crippen LogP contribution in [0.5, 0.6) is 6.01 Å². The number of amides is 1. The van der Waals surface area contributed by atoms with E-state index >= 15 is 0 Å². The molecule has 0 saturated heterocycles. The second-order valence-corrected chi connectivity index (χ2v) is 6.56. The van der Waals surface area contributed by atoms with E-state index in [4.69, 9.17) is 10.6 Å². The van der Waals surface area contributed by atoms with Crippen molar-refractivity contribution < 1.29 is 14.0 Å². The fourth-order valence-corrected chi connectivity index (χ4v) is 3.00. The van der Waals surface area contributed by atoms with E-state index in [1.54, 1.807) is 42.7 Å². The van der Waals surface area contributed by atoms with Crippen LogP contribution >= 0.6 is 0 Å². The van der Waals surface area contributed by atoms with Crippen LogP contribution in [0.15, 0.2) is 67.1 Å². The van der Waals surface area contributed by atoms with Gasteiger partial charge in [0.2, 0.25) is 0 Å². The second-order valence-electron chi connectivity index (χ2n) is 6.56. The van der Waals surface area contributed by atoms with Gasteiger partial charge in [-0.3, -0.25) is 4.79 Å². The number of para-hydroxylation sites is 1. The van der Waals surface area contributed by atoms with Gasteiger partial charge in [-0.05, 0) is 41.6 Å². The van der Waals surface area contributed by atoms with E-state index in [1.807, 2.05) is 6.07 Å². The molecule has 3 N–H and O–H groups in total. The first kappa shape index (κ1) is 19.1. The zero-order chi connectivity index (χ0) is 22.1. The Hall–Kier alpha value is -4.87. The summed E-state index contributed by atoms with van der Waals surface area (Å²) in [7, 11) is 0. The maximum absolute atomic E-state index is 14.6. The highest BCUT2D eigenvalue weighted by Gasteiger charge is 2.16. The standard InChI is InChI=1S/C20H14FN9O2/c21-14-10-12(6-7-16(14)29-9-3-8-24-29)25-19-13(18(22)31)11-23-20(26-19)32-30-17-5-2-1-4-15(17)27-28-30/h1-11H,(H2,22,31)(H,23,25,26). The molecule has 0 aliphatic rings. The molecule has 0 aliphatic carbocycles. The molecular formula is C20H14FN9O2. The van der Waals surface area contributed by atoms with Crippen molar-refractivity contribution in [2.45, 2.75) is 0 Å². The van der Waals surface area contributed by atoms with E-state index in [2.05, 4.69) is 30.7 Å². The number of nitrogens with one attached hydrogen (secondary N) is 1. The van der Waals surface area contributed by atoms with Crippen molar-refractivity contribution in [3.05, 3.63) is 78.5 Å². The van der Waals surface area contributed by atoms with E-state index in [1.165, 1.54) is 23.0 Å². The maximum atomic E-state index is 14.6.